The highest BCUT2D eigenvalue weighted by atomic mass is 32.2. The molecule has 1 aromatic carbocycles. The minimum absolute atomic E-state index is 0.0553. The quantitative estimate of drug-likeness (QED) is 0.843. The molecule has 0 unspecified atom stereocenters. The van der Waals surface area contributed by atoms with E-state index in [1.807, 2.05) is 6.92 Å². The molecule has 0 aliphatic carbocycles. The molecule has 5 nitrogen and oxygen atoms in total. The van der Waals surface area contributed by atoms with Crippen LogP contribution in [-0.2, 0) is 10.0 Å². The first-order chi connectivity index (χ1) is 10.0. The summed E-state index contributed by atoms with van der Waals surface area (Å²) in [6.45, 7) is 1.51. The van der Waals surface area contributed by atoms with Crippen molar-refractivity contribution in [1.29, 1.82) is 0 Å². The third kappa shape index (κ3) is 3.81. The molecule has 108 valence electrons. The van der Waals surface area contributed by atoms with Crippen LogP contribution < -0.4 is 4.72 Å². The highest BCUT2D eigenvalue weighted by Crippen LogP contribution is 2.19. The zero-order chi connectivity index (χ0) is 15.3. The fraction of sp³-hybridized carbons (Fsp3) is 0.133. The minimum Gasteiger partial charge on any atom is -0.384 e. The fourth-order valence-electron chi connectivity index (χ4n) is 1.73. The Morgan fingerprint density at radius 1 is 1.29 bits per heavy atom. The van der Waals surface area contributed by atoms with E-state index in [-0.39, 0.29) is 17.3 Å². The number of anilines is 1. The van der Waals surface area contributed by atoms with Gasteiger partial charge in [0.2, 0.25) is 0 Å². The molecule has 0 fully saturated rings. The number of nitrogens with one attached hydrogen (secondary N) is 1. The summed E-state index contributed by atoms with van der Waals surface area (Å²) >= 11 is 0. The van der Waals surface area contributed by atoms with Gasteiger partial charge in [-0.1, -0.05) is 24.0 Å². The highest BCUT2D eigenvalue weighted by molar-refractivity contribution is 7.92. The Kier molecular flexibility index (Phi) is 4.58. The highest BCUT2D eigenvalue weighted by Gasteiger charge is 2.18. The second-order valence-corrected chi connectivity index (χ2v) is 5.93. The summed E-state index contributed by atoms with van der Waals surface area (Å²) in [5.74, 6) is 5.36. The van der Waals surface area contributed by atoms with E-state index < -0.39 is 10.0 Å². The first-order valence-corrected chi connectivity index (χ1v) is 7.65. The first kappa shape index (κ1) is 15.0. The van der Waals surface area contributed by atoms with Gasteiger partial charge in [0.1, 0.15) is 17.3 Å². The standard InChI is InChI=1S/C15H14N2O3S/c1-12-7-8-14(13(11-12)5-4-10-18)21(19,20)17-15-6-2-3-9-16-15/h2-3,6-9,11,18H,10H2,1H3,(H,16,17). The van der Waals surface area contributed by atoms with Crippen molar-refractivity contribution in [2.45, 2.75) is 11.8 Å². The van der Waals surface area contributed by atoms with Gasteiger partial charge in [0.05, 0.1) is 0 Å². The van der Waals surface area contributed by atoms with Crippen LogP contribution >= 0.6 is 0 Å². The van der Waals surface area contributed by atoms with E-state index in [2.05, 4.69) is 21.5 Å². The molecule has 0 aliphatic rings. The van der Waals surface area contributed by atoms with Crippen LogP contribution in [0.15, 0.2) is 47.5 Å². The average molecular weight is 302 g/mol. The molecule has 0 atom stereocenters. The molecule has 6 heteroatoms. The monoisotopic (exact) mass is 302 g/mol. The van der Waals surface area contributed by atoms with E-state index in [0.29, 0.717) is 5.56 Å². The van der Waals surface area contributed by atoms with Crippen LogP contribution in [0.4, 0.5) is 5.82 Å². The molecule has 0 radical (unpaired) electrons. The number of aromatic nitrogens is 1. The second-order valence-electron chi connectivity index (χ2n) is 4.28. The van der Waals surface area contributed by atoms with Gasteiger partial charge >= 0.3 is 0 Å². The van der Waals surface area contributed by atoms with Crippen LogP contribution in [0.25, 0.3) is 0 Å². The summed E-state index contributed by atoms with van der Waals surface area (Å²) in [5.41, 5.74) is 1.22. The third-order valence-corrected chi connectivity index (χ3v) is 4.04. The van der Waals surface area contributed by atoms with Crippen LogP contribution in [0.1, 0.15) is 11.1 Å². The molecule has 0 aliphatic heterocycles. The molecule has 0 saturated carbocycles. The number of aliphatic hydroxyl groups is 1. The number of aliphatic hydroxyl groups excluding tert-OH is 1. The molecule has 2 rings (SSSR count). The lowest BCUT2D eigenvalue weighted by Gasteiger charge is -2.09. The lowest BCUT2D eigenvalue weighted by Crippen LogP contribution is -2.15. The van der Waals surface area contributed by atoms with Crippen molar-refractivity contribution in [3.05, 3.63) is 53.7 Å². The molecule has 2 aromatic rings. The van der Waals surface area contributed by atoms with Crippen molar-refractivity contribution < 1.29 is 13.5 Å². The predicted octanol–water partition coefficient (Wildman–Crippen LogP) is 1.53. The van der Waals surface area contributed by atoms with Crippen LogP contribution in [-0.4, -0.2) is 25.1 Å². The Bertz CT molecular complexity index is 791. The summed E-state index contributed by atoms with van der Waals surface area (Å²) in [4.78, 5) is 3.99. The molecule has 1 heterocycles. The van der Waals surface area contributed by atoms with Gasteiger partial charge in [-0.15, -0.1) is 0 Å². The van der Waals surface area contributed by atoms with E-state index in [4.69, 9.17) is 5.11 Å². The van der Waals surface area contributed by atoms with Gasteiger partial charge in [0, 0.05) is 11.8 Å². The Morgan fingerprint density at radius 3 is 2.76 bits per heavy atom. The van der Waals surface area contributed by atoms with Gasteiger partial charge in [-0.3, -0.25) is 4.72 Å². The maximum atomic E-state index is 12.4. The summed E-state index contributed by atoms with van der Waals surface area (Å²) in [6.07, 6.45) is 1.50. The number of rotatable bonds is 3. The number of hydrogen-bond donors (Lipinski definition) is 2. The third-order valence-electron chi connectivity index (χ3n) is 2.63. The molecule has 2 N–H and O–H groups in total. The van der Waals surface area contributed by atoms with Crippen molar-refractivity contribution in [3.8, 4) is 11.8 Å². The van der Waals surface area contributed by atoms with Crippen molar-refractivity contribution in [3.63, 3.8) is 0 Å². The van der Waals surface area contributed by atoms with Crippen LogP contribution in [0.2, 0.25) is 0 Å². The zero-order valence-electron chi connectivity index (χ0n) is 11.4. The Hall–Kier alpha value is -2.36. The normalized spacial score (nSPS) is 10.6. The zero-order valence-corrected chi connectivity index (χ0v) is 12.2. The molecule has 1 aromatic heterocycles. The summed E-state index contributed by atoms with van der Waals surface area (Å²) in [7, 11) is -3.79. The Morgan fingerprint density at radius 2 is 2.10 bits per heavy atom. The summed E-state index contributed by atoms with van der Waals surface area (Å²) in [6, 6.07) is 9.79. The lowest BCUT2D eigenvalue weighted by atomic mass is 10.1. The summed E-state index contributed by atoms with van der Waals surface area (Å²) < 4.78 is 27.2. The molecular formula is C15H14N2O3S. The van der Waals surface area contributed by atoms with Gasteiger partial charge in [0.15, 0.2) is 0 Å². The molecular weight excluding hydrogens is 288 g/mol. The van der Waals surface area contributed by atoms with Crippen molar-refractivity contribution in [2.24, 2.45) is 0 Å². The maximum absolute atomic E-state index is 12.4. The molecule has 0 spiro atoms. The van der Waals surface area contributed by atoms with E-state index in [9.17, 15) is 8.42 Å². The Labute approximate surface area is 123 Å². The average Bonchev–Trinajstić information content (AvgIpc) is 2.45. The second kappa shape index (κ2) is 6.39. The van der Waals surface area contributed by atoms with Crippen LogP contribution in [0.3, 0.4) is 0 Å². The van der Waals surface area contributed by atoms with Crippen molar-refractivity contribution >= 4 is 15.8 Å². The van der Waals surface area contributed by atoms with Crippen molar-refractivity contribution in [2.75, 3.05) is 11.3 Å². The number of aryl methyl sites for hydroxylation is 1. The molecule has 0 bridgehead atoms. The Balaban J connectivity index is 2.45. The van der Waals surface area contributed by atoms with Gasteiger partial charge in [-0.2, -0.15) is 0 Å². The predicted molar refractivity (Wildman–Crippen MR) is 80.2 cm³/mol. The molecule has 21 heavy (non-hydrogen) atoms. The van der Waals surface area contributed by atoms with Gasteiger partial charge < -0.3 is 5.11 Å². The number of hydrogen-bond acceptors (Lipinski definition) is 4. The fourth-order valence-corrected chi connectivity index (χ4v) is 2.88. The topological polar surface area (TPSA) is 79.3 Å². The van der Waals surface area contributed by atoms with E-state index >= 15 is 0 Å². The molecule has 0 saturated heterocycles. The van der Waals surface area contributed by atoms with Gasteiger partial charge in [-0.05, 0) is 36.8 Å². The SMILES string of the molecule is Cc1ccc(S(=O)(=O)Nc2ccccn2)c(C#CCO)c1. The summed E-state index contributed by atoms with van der Waals surface area (Å²) in [5, 5.41) is 8.78. The lowest BCUT2D eigenvalue weighted by molar-refractivity contribution is 0.350. The number of pyridine rings is 1. The molecule has 0 amide bonds. The maximum Gasteiger partial charge on any atom is 0.264 e. The van der Waals surface area contributed by atoms with E-state index in [1.54, 1.807) is 30.3 Å². The largest absolute Gasteiger partial charge is 0.384 e. The van der Waals surface area contributed by atoms with E-state index in [0.717, 1.165) is 5.56 Å². The minimum atomic E-state index is -3.79. The van der Waals surface area contributed by atoms with Crippen molar-refractivity contribution in [1.82, 2.24) is 4.98 Å². The van der Waals surface area contributed by atoms with Gasteiger partial charge in [-0.25, -0.2) is 13.4 Å². The van der Waals surface area contributed by atoms with Crippen LogP contribution in [0.5, 0.6) is 0 Å². The van der Waals surface area contributed by atoms with Crippen LogP contribution in [0, 0.1) is 18.8 Å². The smallest absolute Gasteiger partial charge is 0.264 e. The number of nitrogens with zero attached hydrogens (tertiary/aromatic N) is 1. The number of sulfonamides is 1. The van der Waals surface area contributed by atoms with Gasteiger partial charge in [0.25, 0.3) is 10.0 Å². The number of benzene rings is 1. The first-order valence-electron chi connectivity index (χ1n) is 6.17. The van der Waals surface area contributed by atoms with E-state index in [1.165, 1.54) is 12.3 Å².